The fraction of sp³-hybridized carbons (Fsp3) is 0.472. The van der Waals surface area contributed by atoms with E-state index in [2.05, 4.69) is 9.83 Å². The van der Waals surface area contributed by atoms with Crippen molar-refractivity contribution >= 4 is 29.1 Å². The van der Waals surface area contributed by atoms with Crippen LogP contribution in [0.25, 0.3) is 4.85 Å². The summed E-state index contributed by atoms with van der Waals surface area (Å²) in [6, 6.07) is 10.2. The first-order chi connectivity index (χ1) is 23.3. The third-order valence-corrected chi connectivity index (χ3v) is 10.4. The lowest BCUT2D eigenvalue weighted by Gasteiger charge is -2.50. The second-order valence-corrected chi connectivity index (χ2v) is 13.8. The average Bonchev–Trinajstić information content (AvgIpc) is 3.51. The maximum atomic E-state index is 14.9. The molecule has 0 bridgehead atoms. The van der Waals surface area contributed by atoms with Gasteiger partial charge in [-0.3, -0.25) is 19.4 Å². The highest BCUT2D eigenvalue weighted by molar-refractivity contribution is 7.10. The van der Waals surface area contributed by atoms with Gasteiger partial charge in [-0.2, -0.15) is 13.2 Å². The van der Waals surface area contributed by atoms with E-state index in [4.69, 9.17) is 11.3 Å². The minimum absolute atomic E-state index is 0.0748. The number of thiophene rings is 1. The number of pyridine rings is 1. The van der Waals surface area contributed by atoms with Crippen LogP contribution in [-0.4, -0.2) is 69.0 Å². The van der Waals surface area contributed by atoms with E-state index in [1.54, 1.807) is 16.3 Å². The van der Waals surface area contributed by atoms with Crippen molar-refractivity contribution in [1.82, 2.24) is 14.8 Å². The van der Waals surface area contributed by atoms with Gasteiger partial charge in [-0.1, -0.05) is 37.6 Å². The molecule has 0 aliphatic carbocycles. The molecule has 5 rings (SSSR count). The highest BCUT2D eigenvalue weighted by atomic mass is 32.1. The predicted molar refractivity (Wildman–Crippen MR) is 177 cm³/mol. The molecule has 2 fully saturated rings. The molecule has 2 aliphatic rings. The number of aryl methyl sites for hydroxylation is 2. The summed E-state index contributed by atoms with van der Waals surface area (Å²) in [5.41, 5.74) is -2.87. The van der Waals surface area contributed by atoms with Crippen molar-refractivity contribution in [3.05, 3.63) is 92.7 Å². The molecule has 13 heteroatoms. The number of hydrogen-bond donors (Lipinski definition) is 1. The van der Waals surface area contributed by atoms with Crippen LogP contribution < -0.4 is 4.74 Å². The number of alkyl halides is 3. The van der Waals surface area contributed by atoms with Gasteiger partial charge in [0.1, 0.15) is 11.4 Å². The highest BCUT2D eigenvalue weighted by Crippen LogP contribution is 2.43. The zero-order chi connectivity index (χ0) is 35.4. The van der Waals surface area contributed by atoms with E-state index in [0.29, 0.717) is 37.9 Å². The molecule has 0 radical (unpaired) electrons. The smallest absolute Gasteiger partial charge is 0.418 e. The molecule has 49 heavy (non-hydrogen) atoms. The number of piperidine rings is 2. The molecule has 2 aliphatic heterocycles. The van der Waals surface area contributed by atoms with Crippen molar-refractivity contribution in [3.63, 3.8) is 0 Å². The Morgan fingerprint density at radius 2 is 1.86 bits per heavy atom. The molecule has 4 heterocycles. The van der Waals surface area contributed by atoms with Crippen molar-refractivity contribution in [1.29, 1.82) is 0 Å². The molecular formula is C36H39F3N4O5S. The number of hydrogen-bond acceptors (Lipinski definition) is 6. The summed E-state index contributed by atoms with van der Waals surface area (Å²) in [4.78, 5) is 52.1. The van der Waals surface area contributed by atoms with Crippen LogP contribution in [0.5, 0.6) is 5.75 Å². The molecule has 3 aromatic rings. The first kappa shape index (κ1) is 35.9. The third-order valence-electron chi connectivity index (χ3n) is 9.59. The molecule has 1 N–H and O–H groups in total. The Labute approximate surface area is 287 Å². The lowest BCUT2D eigenvalue weighted by molar-refractivity contribution is -0.160. The molecule has 9 nitrogen and oxygen atoms in total. The van der Waals surface area contributed by atoms with Crippen molar-refractivity contribution < 1.29 is 37.4 Å². The van der Waals surface area contributed by atoms with E-state index >= 15 is 0 Å². The molecule has 0 spiro atoms. The van der Waals surface area contributed by atoms with E-state index in [9.17, 15) is 32.7 Å². The quantitative estimate of drug-likeness (QED) is 0.226. The van der Waals surface area contributed by atoms with Crippen LogP contribution >= 0.6 is 11.3 Å². The number of aromatic nitrogens is 1. The van der Waals surface area contributed by atoms with Crippen LogP contribution in [0.4, 0.5) is 13.2 Å². The van der Waals surface area contributed by atoms with Gasteiger partial charge < -0.3 is 24.5 Å². The summed E-state index contributed by atoms with van der Waals surface area (Å²) < 4.78 is 48.7. The van der Waals surface area contributed by atoms with Crippen LogP contribution in [0.15, 0.2) is 54.0 Å². The maximum absolute atomic E-state index is 14.9. The highest BCUT2D eigenvalue weighted by Gasteiger charge is 2.57. The van der Waals surface area contributed by atoms with Gasteiger partial charge in [-0.25, -0.2) is 6.57 Å². The number of rotatable bonds is 10. The summed E-state index contributed by atoms with van der Waals surface area (Å²) in [6.45, 7) is 12.5. The third kappa shape index (κ3) is 7.29. The summed E-state index contributed by atoms with van der Waals surface area (Å²) in [7, 11) is 0. The molecule has 0 unspecified atom stereocenters. The van der Waals surface area contributed by atoms with Gasteiger partial charge in [0.2, 0.25) is 5.60 Å². The van der Waals surface area contributed by atoms with Gasteiger partial charge in [-0.05, 0) is 49.9 Å². The second-order valence-electron chi connectivity index (χ2n) is 12.7. The number of carboxylic acids is 1. The van der Waals surface area contributed by atoms with Gasteiger partial charge in [0.05, 0.1) is 11.6 Å². The van der Waals surface area contributed by atoms with Crippen molar-refractivity contribution in [2.24, 2.45) is 0 Å². The second kappa shape index (κ2) is 14.6. The zero-order valence-electron chi connectivity index (χ0n) is 27.5. The number of nitrogens with zero attached hydrogens (tertiary/aromatic N) is 4. The largest absolute Gasteiger partial charge is 0.481 e. The molecule has 2 saturated heterocycles. The topological polar surface area (TPSA) is 104 Å². The van der Waals surface area contributed by atoms with Crippen molar-refractivity contribution in [2.75, 3.05) is 19.6 Å². The number of carbonyl (C=O) groups is 3. The molecule has 2 aromatic heterocycles. The van der Waals surface area contributed by atoms with E-state index in [1.165, 1.54) is 16.2 Å². The number of ether oxygens (including phenoxy) is 1. The number of carboxylic acid groups (broad SMARTS) is 1. The Bertz CT molecular complexity index is 1730. The Hall–Kier alpha value is -4.44. The van der Waals surface area contributed by atoms with E-state index in [-0.39, 0.29) is 44.8 Å². The fourth-order valence-corrected chi connectivity index (χ4v) is 7.85. The minimum Gasteiger partial charge on any atom is -0.481 e. The number of halogens is 3. The van der Waals surface area contributed by atoms with Crippen molar-refractivity contribution in [3.8, 4) is 5.75 Å². The Kier molecular flexibility index (Phi) is 10.7. The Morgan fingerprint density at radius 3 is 2.49 bits per heavy atom. The van der Waals surface area contributed by atoms with Gasteiger partial charge >= 0.3 is 12.1 Å². The van der Waals surface area contributed by atoms with E-state index < -0.39 is 46.5 Å². The van der Waals surface area contributed by atoms with E-state index in [0.717, 1.165) is 34.3 Å². The van der Waals surface area contributed by atoms with Gasteiger partial charge in [0, 0.05) is 67.3 Å². The molecule has 2 atom stereocenters. The van der Waals surface area contributed by atoms with Crippen molar-refractivity contribution in [2.45, 2.75) is 88.6 Å². The summed E-state index contributed by atoms with van der Waals surface area (Å²) in [5, 5.41) is 11.1. The maximum Gasteiger partial charge on any atom is 0.418 e. The van der Waals surface area contributed by atoms with Crippen LogP contribution in [0.2, 0.25) is 0 Å². The van der Waals surface area contributed by atoms with Crippen LogP contribution in [0.1, 0.15) is 83.9 Å². The van der Waals surface area contributed by atoms with Crippen LogP contribution in [0, 0.1) is 13.5 Å². The summed E-state index contributed by atoms with van der Waals surface area (Å²) >= 11 is 1.43. The molecular weight excluding hydrogens is 657 g/mol. The zero-order valence-corrected chi connectivity index (χ0v) is 28.3. The van der Waals surface area contributed by atoms with E-state index in [1.807, 2.05) is 38.1 Å². The molecule has 1 aromatic carbocycles. The lowest BCUT2D eigenvalue weighted by Crippen LogP contribution is -2.68. The van der Waals surface area contributed by atoms with Crippen LogP contribution in [-0.2, 0) is 27.7 Å². The average molecular weight is 697 g/mol. The Morgan fingerprint density at radius 1 is 1.12 bits per heavy atom. The standard InChI is InChI=1S/C36H39F3N4O5S/c1-4-9-29-35(48-26-22-24(2)49-23-26,15-8-19-43(29)32(46)31-28(36(37,38)39)12-7-18-41-31)33(47)42-20-16-34(40-3,17-21-42)27-11-6-5-10-25(27)13-14-30(44)45/h5-7,10-12,18,22-23,29H,4,8-9,13-17,19-21H2,1-2H3,(H,44,45)/t29-,35+/m1/s1. The summed E-state index contributed by atoms with van der Waals surface area (Å²) in [5.74, 6) is -1.77. The first-order valence-corrected chi connectivity index (χ1v) is 17.3. The number of likely N-dealkylation sites (tertiary alicyclic amines) is 2. The number of carbonyl (C=O) groups excluding carboxylic acids is 2. The normalized spacial score (nSPS) is 20.8. The predicted octanol–water partition coefficient (Wildman–Crippen LogP) is 7.15. The number of aliphatic carboxylic acids is 1. The van der Waals surface area contributed by atoms with Gasteiger partial charge in [0.25, 0.3) is 17.4 Å². The van der Waals surface area contributed by atoms with Crippen LogP contribution in [0.3, 0.4) is 0 Å². The minimum atomic E-state index is -4.80. The SMILES string of the molecule is [C-]#[N+]C1(c2ccccc2CCC(=O)O)CCN(C(=O)[C@]2(Oc3csc(C)c3)CCCN(C(=O)c3ncccc3C(F)(F)F)[C@@H]2CCC)CC1. The molecule has 2 amide bonds. The molecule has 260 valence electrons. The number of benzene rings is 1. The molecule has 0 saturated carbocycles. The monoisotopic (exact) mass is 696 g/mol. The summed E-state index contributed by atoms with van der Waals surface area (Å²) in [6.07, 6.45) is -1.48. The van der Waals surface area contributed by atoms with Gasteiger partial charge in [-0.15, -0.1) is 11.3 Å². The lowest BCUT2D eigenvalue weighted by atomic mass is 9.76. The van der Waals surface area contributed by atoms with Gasteiger partial charge in [0.15, 0.2) is 0 Å². The number of amides is 2. The fourth-order valence-electron chi connectivity index (χ4n) is 7.25. The Balaban J connectivity index is 1.50. The first-order valence-electron chi connectivity index (χ1n) is 16.4.